The first-order chi connectivity index (χ1) is 13.4. The summed E-state index contributed by atoms with van der Waals surface area (Å²) in [5, 5.41) is 9.20. The second kappa shape index (κ2) is 7.23. The SMILES string of the molecule is c1cc(CN2CCC(c3nnc(Cn4ccnc4)n3C3CC3)CC2)ccn1. The van der Waals surface area contributed by atoms with Crippen molar-refractivity contribution in [3.63, 3.8) is 0 Å². The molecule has 3 aromatic heterocycles. The molecule has 0 unspecified atom stereocenters. The van der Waals surface area contributed by atoms with E-state index in [0.29, 0.717) is 12.0 Å². The van der Waals surface area contributed by atoms with Gasteiger partial charge in [0.15, 0.2) is 5.82 Å². The van der Waals surface area contributed by atoms with Crippen LogP contribution in [0.3, 0.4) is 0 Å². The zero-order chi connectivity index (χ0) is 18.1. The number of aromatic nitrogens is 6. The standard InChI is InChI=1S/C20H25N7/c1-2-18(1)27-19(14-26-12-9-22-15-26)23-24-20(27)17-5-10-25(11-6-17)13-16-3-7-21-8-4-16/h3-4,7-9,12,15,17-18H,1-2,5-6,10-11,13-14H2. The van der Waals surface area contributed by atoms with E-state index in [0.717, 1.165) is 44.8 Å². The molecule has 2 aliphatic rings. The fraction of sp³-hybridized carbons (Fsp3) is 0.500. The van der Waals surface area contributed by atoms with Crippen LogP contribution in [0.2, 0.25) is 0 Å². The number of nitrogens with zero attached hydrogens (tertiary/aromatic N) is 7. The van der Waals surface area contributed by atoms with Crippen LogP contribution in [0, 0.1) is 0 Å². The molecular formula is C20H25N7. The number of piperidine rings is 1. The summed E-state index contributed by atoms with van der Waals surface area (Å²) >= 11 is 0. The highest BCUT2D eigenvalue weighted by Gasteiger charge is 2.33. The molecule has 0 N–H and O–H groups in total. The highest BCUT2D eigenvalue weighted by atomic mass is 15.3. The van der Waals surface area contributed by atoms with Gasteiger partial charge in [-0.25, -0.2) is 4.98 Å². The summed E-state index contributed by atoms with van der Waals surface area (Å²) in [7, 11) is 0. The molecule has 1 saturated carbocycles. The largest absolute Gasteiger partial charge is 0.330 e. The van der Waals surface area contributed by atoms with Crippen LogP contribution >= 0.6 is 0 Å². The molecule has 0 spiro atoms. The first kappa shape index (κ1) is 16.6. The lowest BCUT2D eigenvalue weighted by molar-refractivity contribution is 0.200. The maximum Gasteiger partial charge on any atom is 0.153 e. The van der Waals surface area contributed by atoms with Gasteiger partial charge in [-0.05, 0) is 56.5 Å². The van der Waals surface area contributed by atoms with Crippen molar-refractivity contribution in [1.29, 1.82) is 0 Å². The molecule has 7 heteroatoms. The van der Waals surface area contributed by atoms with E-state index in [1.807, 2.05) is 31.1 Å². The molecule has 1 saturated heterocycles. The lowest BCUT2D eigenvalue weighted by atomic mass is 9.95. The minimum atomic E-state index is 0.517. The van der Waals surface area contributed by atoms with Crippen molar-refractivity contribution in [3.05, 3.63) is 60.5 Å². The minimum absolute atomic E-state index is 0.517. The average Bonchev–Trinajstić information content (AvgIpc) is 3.25. The topological polar surface area (TPSA) is 64.7 Å². The Balaban J connectivity index is 1.27. The van der Waals surface area contributed by atoms with Crippen LogP contribution in [0.25, 0.3) is 0 Å². The fourth-order valence-electron chi connectivity index (χ4n) is 4.09. The van der Waals surface area contributed by atoms with Crippen LogP contribution in [0.15, 0.2) is 43.2 Å². The van der Waals surface area contributed by atoms with Crippen molar-refractivity contribution in [1.82, 2.24) is 34.2 Å². The molecule has 0 atom stereocenters. The van der Waals surface area contributed by atoms with Gasteiger partial charge in [0.05, 0.1) is 12.9 Å². The molecule has 0 bridgehead atoms. The Morgan fingerprint density at radius 3 is 2.41 bits per heavy atom. The normalized spacial score (nSPS) is 18.8. The van der Waals surface area contributed by atoms with Crippen molar-refractivity contribution in [2.24, 2.45) is 0 Å². The van der Waals surface area contributed by atoms with E-state index in [1.54, 1.807) is 0 Å². The van der Waals surface area contributed by atoms with Gasteiger partial charge in [0, 0.05) is 43.3 Å². The Bertz CT molecular complexity index is 859. The first-order valence-corrected chi connectivity index (χ1v) is 9.87. The molecule has 7 nitrogen and oxygen atoms in total. The summed E-state index contributed by atoms with van der Waals surface area (Å²) in [6.45, 7) is 3.99. The zero-order valence-electron chi connectivity index (χ0n) is 15.5. The van der Waals surface area contributed by atoms with Crippen molar-refractivity contribution in [2.45, 2.75) is 50.7 Å². The number of hydrogen-bond acceptors (Lipinski definition) is 5. The van der Waals surface area contributed by atoms with Crippen molar-refractivity contribution >= 4 is 0 Å². The van der Waals surface area contributed by atoms with Crippen LogP contribution in [-0.2, 0) is 13.1 Å². The molecule has 2 fully saturated rings. The Morgan fingerprint density at radius 1 is 0.889 bits per heavy atom. The Kier molecular flexibility index (Phi) is 4.45. The quantitative estimate of drug-likeness (QED) is 0.674. The molecule has 1 aliphatic carbocycles. The average molecular weight is 363 g/mol. The third-order valence-corrected chi connectivity index (χ3v) is 5.70. The summed E-state index contributed by atoms with van der Waals surface area (Å²) in [4.78, 5) is 10.8. The molecule has 1 aliphatic heterocycles. The van der Waals surface area contributed by atoms with Gasteiger partial charge in [-0.1, -0.05) is 0 Å². The molecular weight excluding hydrogens is 338 g/mol. The van der Waals surface area contributed by atoms with Crippen LogP contribution in [-0.4, -0.2) is 47.3 Å². The Hall–Kier alpha value is -2.54. The maximum absolute atomic E-state index is 4.64. The number of likely N-dealkylation sites (tertiary alicyclic amines) is 1. The molecule has 0 amide bonds. The van der Waals surface area contributed by atoms with Gasteiger partial charge >= 0.3 is 0 Å². The highest BCUT2D eigenvalue weighted by molar-refractivity contribution is 5.11. The summed E-state index contributed by atoms with van der Waals surface area (Å²) in [6.07, 6.45) is 14.2. The van der Waals surface area contributed by atoms with Crippen LogP contribution in [0.1, 0.15) is 54.9 Å². The third kappa shape index (κ3) is 3.64. The first-order valence-electron chi connectivity index (χ1n) is 9.87. The summed E-state index contributed by atoms with van der Waals surface area (Å²) in [5.41, 5.74) is 1.34. The van der Waals surface area contributed by atoms with E-state index in [4.69, 9.17) is 0 Å². The van der Waals surface area contributed by atoms with Gasteiger partial charge < -0.3 is 9.13 Å². The molecule has 0 radical (unpaired) electrons. The van der Waals surface area contributed by atoms with Crippen LogP contribution < -0.4 is 0 Å². The smallest absolute Gasteiger partial charge is 0.153 e. The van der Waals surface area contributed by atoms with Crippen molar-refractivity contribution < 1.29 is 0 Å². The highest BCUT2D eigenvalue weighted by Crippen LogP contribution is 2.40. The molecule has 140 valence electrons. The lowest BCUT2D eigenvalue weighted by Gasteiger charge is -2.31. The van der Waals surface area contributed by atoms with Crippen LogP contribution in [0.5, 0.6) is 0 Å². The van der Waals surface area contributed by atoms with E-state index in [2.05, 4.69) is 46.3 Å². The third-order valence-electron chi connectivity index (χ3n) is 5.70. The zero-order valence-corrected chi connectivity index (χ0v) is 15.5. The van der Waals surface area contributed by atoms with E-state index >= 15 is 0 Å². The predicted molar refractivity (Wildman–Crippen MR) is 101 cm³/mol. The molecule has 3 aromatic rings. The van der Waals surface area contributed by atoms with Gasteiger partial charge in [-0.3, -0.25) is 9.88 Å². The number of imidazole rings is 1. The van der Waals surface area contributed by atoms with Crippen LogP contribution in [0.4, 0.5) is 0 Å². The fourth-order valence-corrected chi connectivity index (χ4v) is 4.09. The lowest BCUT2D eigenvalue weighted by Crippen LogP contribution is -2.33. The molecule has 4 heterocycles. The van der Waals surface area contributed by atoms with Crippen molar-refractivity contribution in [3.8, 4) is 0 Å². The number of hydrogen-bond donors (Lipinski definition) is 0. The van der Waals surface area contributed by atoms with E-state index < -0.39 is 0 Å². The van der Waals surface area contributed by atoms with E-state index in [9.17, 15) is 0 Å². The van der Waals surface area contributed by atoms with Gasteiger partial charge in [-0.15, -0.1) is 10.2 Å². The van der Waals surface area contributed by atoms with Gasteiger partial charge in [0.25, 0.3) is 0 Å². The van der Waals surface area contributed by atoms with E-state index in [-0.39, 0.29) is 0 Å². The molecule has 5 rings (SSSR count). The number of pyridine rings is 1. The van der Waals surface area contributed by atoms with Gasteiger partial charge in [0.1, 0.15) is 5.82 Å². The minimum Gasteiger partial charge on any atom is -0.330 e. The molecule has 27 heavy (non-hydrogen) atoms. The second-order valence-corrected chi connectivity index (χ2v) is 7.72. The summed E-state index contributed by atoms with van der Waals surface area (Å²) in [5.74, 6) is 2.80. The summed E-state index contributed by atoms with van der Waals surface area (Å²) < 4.78 is 4.51. The number of rotatable bonds is 6. The monoisotopic (exact) mass is 363 g/mol. The predicted octanol–water partition coefficient (Wildman–Crippen LogP) is 2.63. The van der Waals surface area contributed by atoms with Gasteiger partial charge in [0.2, 0.25) is 0 Å². The van der Waals surface area contributed by atoms with E-state index in [1.165, 1.54) is 24.2 Å². The van der Waals surface area contributed by atoms with Crippen molar-refractivity contribution in [2.75, 3.05) is 13.1 Å². The maximum atomic E-state index is 4.64. The second-order valence-electron chi connectivity index (χ2n) is 7.72. The molecule has 0 aromatic carbocycles. The Labute approximate surface area is 159 Å². The summed E-state index contributed by atoms with van der Waals surface area (Å²) in [6, 6.07) is 4.82. The van der Waals surface area contributed by atoms with Gasteiger partial charge in [-0.2, -0.15) is 0 Å². The Morgan fingerprint density at radius 2 is 1.70 bits per heavy atom.